The van der Waals surface area contributed by atoms with Crippen molar-refractivity contribution in [1.29, 1.82) is 0 Å². The number of rotatable bonds is 4. The predicted octanol–water partition coefficient (Wildman–Crippen LogP) is 0.562. The molecule has 1 aliphatic rings. The van der Waals surface area contributed by atoms with Gasteiger partial charge in [0.05, 0.1) is 5.01 Å². The first kappa shape index (κ1) is 16.6. The number of piperidine rings is 1. The second-order valence-electron chi connectivity index (χ2n) is 5.92. The molecule has 0 saturated carbocycles. The van der Waals surface area contributed by atoms with Crippen LogP contribution in [-0.2, 0) is 11.2 Å². The highest BCUT2D eigenvalue weighted by Gasteiger charge is 2.25. The highest BCUT2D eigenvalue weighted by molar-refractivity contribution is 7.11. The molecule has 128 valence electrons. The molecule has 1 aliphatic heterocycles. The molecule has 2 N–H and O–H groups in total. The Kier molecular flexibility index (Phi) is 4.89. The minimum atomic E-state index is -0.644. The number of carbonyl (C=O) groups is 1. The van der Waals surface area contributed by atoms with Crippen molar-refractivity contribution in [3.8, 4) is 0 Å². The third-order valence-corrected chi connectivity index (χ3v) is 5.27. The van der Waals surface area contributed by atoms with Crippen molar-refractivity contribution in [2.24, 2.45) is 0 Å². The molecule has 9 heteroatoms. The average Bonchev–Trinajstić information content (AvgIpc) is 3.00. The summed E-state index contributed by atoms with van der Waals surface area (Å²) in [6.07, 6.45) is 4.15. The van der Waals surface area contributed by atoms with E-state index in [0.29, 0.717) is 19.0 Å². The maximum atomic E-state index is 12.3. The van der Waals surface area contributed by atoms with Gasteiger partial charge >= 0.3 is 5.69 Å². The summed E-state index contributed by atoms with van der Waals surface area (Å²) in [5.74, 6) is 0.438. The van der Waals surface area contributed by atoms with Crippen molar-refractivity contribution >= 4 is 17.2 Å². The monoisotopic (exact) mass is 349 g/mol. The Balaban J connectivity index is 1.52. The second kappa shape index (κ2) is 7.08. The molecule has 8 nitrogen and oxygen atoms in total. The van der Waals surface area contributed by atoms with E-state index >= 15 is 0 Å². The molecule has 2 aromatic heterocycles. The van der Waals surface area contributed by atoms with Crippen LogP contribution in [0.1, 0.15) is 40.8 Å². The van der Waals surface area contributed by atoms with Crippen LogP contribution in [0.15, 0.2) is 15.8 Å². The molecule has 3 heterocycles. The van der Waals surface area contributed by atoms with Crippen LogP contribution < -0.4 is 11.2 Å². The molecule has 3 rings (SSSR count). The molecule has 0 bridgehead atoms. The van der Waals surface area contributed by atoms with E-state index in [4.69, 9.17) is 0 Å². The molecular weight excluding hydrogens is 330 g/mol. The molecule has 1 fully saturated rings. The van der Waals surface area contributed by atoms with Gasteiger partial charge < -0.3 is 4.90 Å². The third-order valence-electron chi connectivity index (χ3n) is 4.19. The molecule has 1 saturated heterocycles. The molecule has 0 aromatic carbocycles. The third kappa shape index (κ3) is 3.78. The fraction of sp³-hybridized carbons (Fsp3) is 0.533. The number of hydrogen-bond donors (Lipinski definition) is 2. The number of nitrogens with one attached hydrogen (secondary N) is 2. The molecule has 1 amide bonds. The molecule has 0 unspecified atom stereocenters. The molecule has 0 atom stereocenters. The van der Waals surface area contributed by atoms with Gasteiger partial charge in [-0.15, -0.1) is 11.3 Å². The number of aromatic amines is 2. The van der Waals surface area contributed by atoms with E-state index in [-0.39, 0.29) is 24.4 Å². The number of aryl methyl sites for hydroxylation is 2. The minimum absolute atomic E-state index is 0.0103. The number of H-pyrrole nitrogens is 2. The van der Waals surface area contributed by atoms with Crippen molar-refractivity contribution < 1.29 is 4.79 Å². The Morgan fingerprint density at radius 1 is 1.38 bits per heavy atom. The van der Waals surface area contributed by atoms with E-state index in [9.17, 15) is 14.4 Å². The van der Waals surface area contributed by atoms with Crippen LogP contribution in [0.5, 0.6) is 0 Å². The standard InChI is InChI=1S/C15H19N5O3S/c1-9-8-16-14(24-9)10-4-6-20(7-5-10)12(21)3-2-11-13(22)17-15(23)19-18-11/h8,10H,2-7H2,1H3,(H2,17,19,22,23). The maximum Gasteiger partial charge on any atom is 0.342 e. The smallest absolute Gasteiger partial charge is 0.342 e. The minimum Gasteiger partial charge on any atom is -0.343 e. The first-order chi connectivity index (χ1) is 11.5. The van der Waals surface area contributed by atoms with Gasteiger partial charge in [0, 0.05) is 42.9 Å². The van der Waals surface area contributed by atoms with E-state index in [2.05, 4.69) is 20.2 Å². The average molecular weight is 349 g/mol. The first-order valence-electron chi connectivity index (χ1n) is 7.91. The fourth-order valence-corrected chi connectivity index (χ4v) is 3.80. The van der Waals surface area contributed by atoms with Gasteiger partial charge in [0.25, 0.3) is 5.56 Å². The number of thiazole rings is 1. The van der Waals surface area contributed by atoms with Crippen molar-refractivity contribution in [3.05, 3.63) is 42.6 Å². The Morgan fingerprint density at radius 3 is 2.75 bits per heavy atom. The van der Waals surface area contributed by atoms with Gasteiger partial charge in [-0.05, 0) is 19.8 Å². The normalized spacial score (nSPS) is 15.6. The van der Waals surface area contributed by atoms with Gasteiger partial charge in [0.1, 0.15) is 5.69 Å². The number of likely N-dealkylation sites (tertiary alicyclic amines) is 1. The summed E-state index contributed by atoms with van der Waals surface area (Å²) < 4.78 is 0. The summed E-state index contributed by atoms with van der Waals surface area (Å²) in [5, 5.41) is 7.02. The maximum absolute atomic E-state index is 12.3. The first-order valence-corrected chi connectivity index (χ1v) is 8.72. The van der Waals surface area contributed by atoms with E-state index in [1.165, 1.54) is 4.88 Å². The van der Waals surface area contributed by atoms with Crippen molar-refractivity contribution in [3.63, 3.8) is 0 Å². The number of aromatic nitrogens is 4. The van der Waals surface area contributed by atoms with E-state index in [1.54, 1.807) is 11.3 Å². The zero-order valence-corrected chi connectivity index (χ0v) is 14.2. The summed E-state index contributed by atoms with van der Waals surface area (Å²) in [6.45, 7) is 3.46. The molecule has 0 aliphatic carbocycles. The van der Waals surface area contributed by atoms with Crippen molar-refractivity contribution in [2.45, 2.75) is 38.5 Å². The van der Waals surface area contributed by atoms with Gasteiger partial charge in [0.15, 0.2) is 0 Å². The van der Waals surface area contributed by atoms with Crippen LogP contribution in [0, 0.1) is 6.92 Å². The summed E-state index contributed by atoms with van der Waals surface area (Å²) >= 11 is 1.72. The zero-order chi connectivity index (χ0) is 17.1. The van der Waals surface area contributed by atoms with E-state index < -0.39 is 11.2 Å². The Hall–Kier alpha value is -2.29. The summed E-state index contributed by atoms with van der Waals surface area (Å²) in [4.78, 5) is 44.4. The van der Waals surface area contributed by atoms with E-state index in [0.717, 1.165) is 17.8 Å². The number of nitrogens with zero attached hydrogens (tertiary/aromatic N) is 3. The lowest BCUT2D eigenvalue weighted by molar-refractivity contribution is -0.132. The highest BCUT2D eigenvalue weighted by atomic mass is 32.1. The van der Waals surface area contributed by atoms with E-state index in [1.807, 2.05) is 18.0 Å². The molecule has 2 aromatic rings. The van der Waals surface area contributed by atoms with Gasteiger partial charge in [0.2, 0.25) is 5.91 Å². The summed E-state index contributed by atoms with van der Waals surface area (Å²) in [7, 11) is 0. The van der Waals surface area contributed by atoms with Crippen LogP contribution in [0.25, 0.3) is 0 Å². The number of carbonyl (C=O) groups excluding carboxylic acids is 1. The van der Waals surface area contributed by atoms with Crippen molar-refractivity contribution in [2.75, 3.05) is 13.1 Å². The summed E-state index contributed by atoms with van der Waals surface area (Å²) in [6, 6.07) is 0. The lowest BCUT2D eigenvalue weighted by atomic mass is 9.97. The number of hydrogen-bond acceptors (Lipinski definition) is 6. The molecule has 0 spiro atoms. The topological polar surface area (TPSA) is 112 Å². The molecule has 0 radical (unpaired) electrons. The van der Waals surface area contributed by atoms with Crippen LogP contribution >= 0.6 is 11.3 Å². The van der Waals surface area contributed by atoms with Crippen LogP contribution in [0.4, 0.5) is 0 Å². The Labute approximate surface area is 141 Å². The quantitative estimate of drug-likeness (QED) is 0.838. The van der Waals surface area contributed by atoms with Crippen LogP contribution in [0.3, 0.4) is 0 Å². The van der Waals surface area contributed by atoms with Crippen LogP contribution in [-0.4, -0.2) is 44.1 Å². The van der Waals surface area contributed by atoms with Gasteiger partial charge in [-0.1, -0.05) is 0 Å². The van der Waals surface area contributed by atoms with Gasteiger partial charge in [-0.25, -0.2) is 14.9 Å². The Bertz CT molecular complexity index is 832. The zero-order valence-electron chi connectivity index (χ0n) is 13.4. The molecular formula is C15H19N5O3S. The largest absolute Gasteiger partial charge is 0.343 e. The highest BCUT2D eigenvalue weighted by Crippen LogP contribution is 2.30. The lowest BCUT2D eigenvalue weighted by Crippen LogP contribution is -2.38. The summed E-state index contributed by atoms with van der Waals surface area (Å²) in [5.41, 5.74) is -1.00. The van der Waals surface area contributed by atoms with Gasteiger partial charge in [-0.3, -0.25) is 14.6 Å². The lowest BCUT2D eigenvalue weighted by Gasteiger charge is -2.31. The van der Waals surface area contributed by atoms with Gasteiger partial charge in [-0.2, -0.15) is 5.10 Å². The SMILES string of the molecule is Cc1cnc(C2CCN(C(=O)CCc3n[nH]c(=O)[nH]c3=O)CC2)s1. The predicted molar refractivity (Wildman–Crippen MR) is 89.2 cm³/mol. The van der Waals surface area contributed by atoms with Crippen molar-refractivity contribution in [1.82, 2.24) is 25.1 Å². The Morgan fingerprint density at radius 2 is 2.12 bits per heavy atom. The molecule has 24 heavy (non-hydrogen) atoms. The number of amides is 1. The second-order valence-corrected chi connectivity index (χ2v) is 7.18. The fourth-order valence-electron chi connectivity index (χ4n) is 2.86. The van der Waals surface area contributed by atoms with Crippen LogP contribution in [0.2, 0.25) is 0 Å².